The second-order valence-electron chi connectivity index (χ2n) is 7.19. The Kier molecular flexibility index (Phi) is 7.82. The van der Waals surface area contributed by atoms with Crippen molar-refractivity contribution >= 4 is 33.8 Å². The molecule has 2 atom stereocenters. The number of benzene rings is 1. The van der Waals surface area contributed by atoms with Gasteiger partial charge < -0.3 is 9.84 Å². The summed E-state index contributed by atoms with van der Waals surface area (Å²) in [5.41, 5.74) is 1.51. The van der Waals surface area contributed by atoms with Gasteiger partial charge in [-0.05, 0) is 45.0 Å². The lowest BCUT2D eigenvalue weighted by atomic mass is 10.0. The topological polar surface area (TPSA) is 136 Å². The van der Waals surface area contributed by atoms with Crippen LogP contribution in [-0.2, 0) is 14.8 Å². The number of carbonyl (C=O) groups is 2. The molecule has 3 N–H and O–H groups in total. The number of hydroxylamine groups is 1. The SMILES string of the molecule is CC#CCOc1ccc(S(=O)(=O)N2C(N(C)C(=O)O)CSC(C)(C)[C@@H]2C(=O)NO)cc1. The molecule has 31 heavy (non-hydrogen) atoms. The molecule has 0 aliphatic carbocycles. The van der Waals surface area contributed by atoms with Crippen molar-refractivity contribution in [1.82, 2.24) is 14.7 Å². The van der Waals surface area contributed by atoms with Gasteiger partial charge in [0.1, 0.15) is 24.6 Å². The first-order chi connectivity index (χ1) is 14.5. The van der Waals surface area contributed by atoms with Gasteiger partial charge in [-0.1, -0.05) is 5.92 Å². The van der Waals surface area contributed by atoms with Gasteiger partial charge in [-0.25, -0.2) is 18.7 Å². The van der Waals surface area contributed by atoms with Crippen LogP contribution in [0.5, 0.6) is 5.75 Å². The van der Waals surface area contributed by atoms with Gasteiger partial charge in [-0.3, -0.25) is 14.9 Å². The summed E-state index contributed by atoms with van der Waals surface area (Å²) in [5, 5.41) is 18.7. The van der Waals surface area contributed by atoms with Crippen molar-refractivity contribution in [3.05, 3.63) is 24.3 Å². The molecular weight excluding hydrogens is 446 g/mol. The zero-order chi connectivity index (χ0) is 23.4. The van der Waals surface area contributed by atoms with Crippen LogP contribution in [0.15, 0.2) is 29.2 Å². The second kappa shape index (κ2) is 9.78. The molecule has 1 aromatic rings. The minimum atomic E-state index is -4.35. The summed E-state index contributed by atoms with van der Waals surface area (Å²) in [6.07, 6.45) is -2.52. The summed E-state index contributed by atoms with van der Waals surface area (Å²) >= 11 is 1.24. The van der Waals surface area contributed by atoms with E-state index in [1.165, 1.54) is 48.6 Å². The lowest BCUT2D eigenvalue weighted by molar-refractivity contribution is -0.135. The number of carbonyl (C=O) groups excluding carboxylic acids is 1. The van der Waals surface area contributed by atoms with Crippen LogP contribution in [0, 0.1) is 11.8 Å². The number of sulfonamides is 1. The quantitative estimate of drug-likeness (QED) is 0.322. The Hall–Kier alpha value is -2.46. The van der Waals surface area contributed by atoms with E-state index < -0.39 is 39.0 Å². The molecule has 1 aliphatic heterocycles. The molecule has 0 aromatic heterocycles. The van der Waals surface area contributed by atoms with E-state index in [-0.39, 0.29) is 17.3 Å². The van der Waals surface area contributed by atoms with E-state index in [2.05, 4.69) is 11.8 Å². The highest BCUT2D eigenvalue weighted by molar-refractivity contribution is 8.01. The standard InChI is InChI=1S/C19H25N3O7S2/c1-5-6-11-29-13-7-9-14(10-8-13)31(27,28)22-15(21(4)18(24)25)12-30-19(2,3)16(22)17(23)20-26/h7-10,15-16,26H,11-12H2,1-4H3,(H,20,23)(H,24,25)/t15?,16-/m0/s1. The Bertz CT molecular complexity index is 984. The molecule has 170 valence electrons. The Balaban J connectivity index is 2.54. The molecule has 2 rings (SSSR count). The number of rotatable bonds is 6. The maximum atomic E-state index is 13.6. The number of ether oxygens (including phenoxy) is 1. The number of hydrogen-bond acceptors (Lipinski definition) is 7. The molecule has 1 aromatic carbocycles. The number of amides is 2. The van der Waals surface area contributed by atoms with E-state index in [0.717, 1.165) is 9.21 Å². The minimum Gasteiger partial charge on any atom is -0.481 e. The minimum absolute atomic E-state index is 0.0983. The fourth-order valence-corrected chi connectivity index (χ4v) is 6.54. The third-order valence-corrected chi connectivity index (χ3v) is 8.11. The zero-order valence-corrected chi connectivity index (χ0v) is 19.2. The monoisotopic (exact) mass is 471 g/mol. The fraction of sp³-hybridized carbons (Fsp3) is 0.474. The molecule has 0 spiro atoms. The van der Waals surface area contributed by atoms with E-state index in [1.807, 2.05) is 0 Å². The number of hydrogen-bond donors (Lipinski definition) is 3. The van der Waals surface area contributed by atoms with Gasteiger partial charge in [0.15, 0.2) is 0 Å². The zero-order valence-electron chi connectivity index (χ0n) is 17.5. The van der Waals surface area contributed by atoms with Crippen molar-refractivity contribution in [2.24, 2.45) is 0 Å². The van der Waals surface area contributed by atoms with Crippen LogP contribution in [0.4, 0.5) is 4.79 Å². The van der Waals surface area contributed by atoms with Gasteiger partial charge >= 0.3 is 6.09 Å². The van der Waals surface area contributed by atoms with Gasteiger partial charge in [0, 0.05) is 17.5 Å². The van der Waals surface area contributed by atoms with Crippen LogP contribution in [0.3, 0.4) is 0 Å². The predicted octanol–water partition coefficient (Wildman–Crippen LogP) is 1.41. The Labute approximate surface area is 185 Å². The third-order valence-electron chi connectivity index (χ3n) is 4.81. The molecule has 1 saturated heterocycles. The number of nitrogens with one attached hydrogen (secondary N) is 1. The van der Waals surface area contributed by atoms with Crippen molar-refractivity contribution < 1.29 is 33.1 Å². The van der Waals surface area contributed by atoms with Gasteiger partial charge in [-0.2, -0.15) is 4.31 Å². The van der Waals surface area contributed by atoms with Gasteiger partial charge in [0.25, 0.3) is 5.91 Å². The molecule has 12 heteroatoms. The highest BCUT2D eigenvalue weighted by Gasteiger charge is 2.54. The lowest BCUT2D eigenvalue weighted by Gasteiger charge is -2.49. The molecular formula is C19H25N3O7S2. The highest BCUT2D eigenvalue weighted by atomic mass is 32.2. The predicted molar refractivity (Wildman–Crippen MR) is 114 cm³/mol. The van der Waals surface area contributed by atoms with Crippen LogP contribution >= 0.6 is 11.8 Å². The first kappa shape index (κ1) is 24.8. The van der Waals surface area contributed by atoms with Crippen LogP contribution in [0.1, 0.15) is 20.8 Å². The number of carboxylic acid groups (broad SMARTS) is 1. The Morgan fingerprint density at radius 1 is 1.35 bits per heavy atom. The van der Waals surface area contributed by atoms with E-state index in [9.17, 15) is 28.3 Å². The molecule has 1 unspecified atom stereocenters. The Morgan fingerprint density at radius 3 is 2.48 bits per heavy atom. The van der Waals surface area contributed by atoms with Crippen molar-refractivity contribution in [2.75, 3.05) is 19.4 Å². The molecule has 2 amide bonds. The van der Waals surface area contributed by atoms with Crippen LogP contribution in [0.2, 0.25) is 0 Å². The summed E-state index contributed by atoms with van der Waals surface area (Å²) in [4.78, 5) is 24.8. The maximum Gasteiger partial charge on any atom is 0.408 e. The molecule has 0 bridgehead atoms. The fourth-order valence-electron chi connectivity index (χ4n) is 3.14. The first-order valence-electron chi connectivity index (χ1n) is 9.17. The number of nitrogens with zero attached hydrogens (tertiary/aromatic N) is 2. The van der Waals surface area contributed by atoms with Crippen LogP contribution in [0.25, 0.3) is 0 Å². The molecule has 0 radical (unpaired) electrons. The maximum absolute atomic E-state index is 13.6. The van der Waals surface area contributed by atoms with Gasteiger partial charge in [-0.15, -0.1) is 17.7 Å². The summed E-state index contributed by atoms with van der Waals surface area (Å²) in [6, 6.07) is 4.15. The number of thioether (sulfide) groups is 1. The van der Waals surface area contributed by atoms with Crippen LogP contribution in [-0.4, -0.2) is 76.3 Å². The van der Waals surface area contributed by atoms with E-state index >= 15 is 0 Å². The summed E-state index contributed by atoms with van der Waals surface area (Å²) in [7, 11) is -3.12. The van der Waals surface area contributed by atoms with Crippen molar-refractivity contribution in [3.8, 4) is 17.6 Å². The van der Waals surface area contributed by atoms with E-state index in [0.29, 0.717) is 5.75 Å². The molecule has 1 heterocycles. The smallest absolute Gasteiger partial charge is 0.408 e. The summed E-state index contributed by atoms with van der Waals surface area (Å²) in [6.45, 7) is 5.12. The van der Waals surface area contributed by atoms with Crippen molar-refractivity contribution in [2.45, 2.75) is 42.6 Å². The van der Waals surface area contributed by atoms with Gasteiger partial charge in [0.2, 0.25) is 10.0 Å². The average molecular weight is 472 g/mol. The highest BCUT2D eigenvalue weighted by Crippen LogP contribution is 2.42. The third kappa shape index (κ3) is 5.24. The molecule has 1 aliphatic rings. The lowest BCUT2D eigenvalue weighted by Crippen LogP contribution is -2.68. The largest absolute Gasteiger partial charge is 0.481 e. The normalized spacial score (nSPS) is 20.8. The molecule has 0 saturated carbocycles. The molecule has 1 fully saturated rings. The van der Waals surface area contributed by atoms with Crippen LogP contribution < -0.4 is 10.2 Å². The van der Waals surface area contributed by atoms with Crippen molar-refractivity contribution in [3.63, 3.8) is 0 Å². The first-order valence-corrected chi connectivity index (χ1v) is 11.6. The average Bonchev–Trinajstić information content (AvgIpc) is 2.72. The Morgan fingerprint density at radius 2 is 1.97 bits per heavy atom. The summed E-state index contributed by atoms with van der Waals surface area (Å²) < 4.78 is 32.5. The van der Waals surface area contributed by atoms with E-state index in [4.69, 9.17) is 4.74 Å². The summed E-state index contributed by atoms with van der Waals surface area (Å²) in [5.74, 6) is 4.95. The second-order valence-corrected chi connectivity index (χ2v) is 10.7. The van der Waals surface area contributed by atoms with Gasteiger partial charge in [0.05, 0.1) is 4.90 Å². The molecule has 10 nitrogen and oxygen atoms in total. The van der Waals surface area contributed by atoms with Crippen molar-refractivity contribution in [1.29, 1.82) is 0 Å². The van der Waals surface area contributed by atoms with E-state index in [1.54, 1.807) is 20.8 Å².